The largest absolute Gasteiger partial charge is 0.463 e. The molecule has 0 amide bonds. The molecule has 0 spiro atoms. The minimum absolute atomic E-state index is 0.679. The highest BCUT2D eigenvalue weighted by molar-refractivity contribution is 5.07. The fraction of sp³-hybridized carbons (Fsp3) is 0.600. The van der Waals surface area contributed by atoms with E-state index in [-0.39, 0.29) is 0 Å². The second-order valence-corrected chi connectivity index (χ2v) is 4.46. The van der Waals surface area contributed by atoms with E-state index in [1.165, 1.54) is 0 Å². The highest BCUT2D eigenvalue weighted by atomic mass is 16.3. The molecule has 1 N–H and O–H groups in total. The van der Waals surface area contributed by atoms with E-state index in [1.807, 2.05) is 12.1 Å². The lowest BCUT2D eigenvalue weighted by atomic mass is 10.3. The molecule has 1 rings (SSSR count). The van der Waals surface area contributed by atoms with E-state index >= 15 is 0 Å². The number of rotatable bonds is 9. The molecule has 0 saturated heterocycles. The molecule has 1 heterocycles. The molecule has 3 heteroatoms. The van der Waals surface area contributed by atoms with Gasteiger partial charge in [0.25, 0.3) is 0 Å². The Kier molecular flexibility index (Phi) is 7.24. The molecule has 0 saturated carbocycles. The maximum Gasteiger partial charge on any atom is 0.118 e. The van der Waals surface area contributed by atoms with Crippen LogP contribution in [0, 0.1) is 12.3 Å². The Hall–Kier alpha value is -1.24. The molecule has 1 aromatic rings. The van der Waals surface area contributed by atoms with E-state index in [2.05, 4.69) is 30.0 Å². The summed E-state index contributed by atoms with van der Waals surface area (Å²) in [5.74, 6) is 4.68. The lowest BCUT2D eigenvalue weighted by Crippen LogP contribution is -2.24. The molecule has 0 aliphatic rings. The molecule has 0 aliphatic carbocycles. The van der Waals surface area contributed by atoms with Crippen LogP contribution in [0.3, 0.4) is 0 Å². The number of nitrogens with one attached hydrogen (secondary N) is 1. The van der Waals surface area contributed by atoms with Gasteiger partial charge in [-0.2, -0.15) is 0 Å². The second kappa shape index (κ2) is 8.79. The summed E-state index contributed by atoms with van der Waals surface area (Å²) in [4.78, 5) is 2.22. The van der Waals surface area contributed by atoms with Crippen LogP contribution < -0.4 is 5.32 Å². The minimum atomic E-state index is 0.679. The molecular weight excluding hydrogens is 224 g/mol. The Morgan fingerprint density at radius 2 is 2.06 bits per heavy atom. The fourth-order valence-corrected chi connectivity index (χ4v) is 1.87. The zero-order chi connectivity index (χ0) is 13.2. The van der Waals surface area contributed by atoms with Crippen LogP contribution in [-0.4, -0.2) is 24.5 Å². The zero-order valence-electron chi connectivity index (χ0n) is 11.5. The monoisotopic (exact) mass is 248 g/mol. The topological polar surface area (TPSA) is 28.4 Å². The van der Waals surface area contributed by atoms with Gasteiger partial charge in [0.05, 0.1) is 19.6 Å². The van der Waals surface area contributed by atoms with E-state index in [9.17, 15) is 0 Å². The number of furan rings is 1. The van der Waals surface area contributed by atoms with Gasteiger partial charge in [-0.3, -0.25) is 4.90 Å². The van der Waals surface area contributed by atoms with Gasteiger partial charge in [-0.15, -0.1) is 6.42 Å². The van der Waals surface area contributed by atoms with Gasteiger partial charge >= 0.3 is 0 Å². The highest BCUT2D eigenvalue weighted by Gasteiger charge is 2.07. The third kappa shape index (κ3) is 5.39. The fourth-order valence-electron chi connectivity index (χ4n) is 1.87. The molecule has 3 nitrogen and oxygen atoms in total. The summed E-state index contributed by atoms with van der Waals surface area (Å²) in [6.07, 6.45) is 7.61. The van der Waals surface area contributed by atoms with Crippen LogP contribution in [0.1, 0.15) is 38.2 Å². The van der Waals surface area contributed by atoms with Crippen molar-refractivity contribution in [2.24, 2.45) is 0 Å². The van der Waals surface area contributed by atoms with Crippen LogP contribution in [-0.2, 0) is 13.1 Å². The van der Waals surface area contributed by atoms with Crippen LogP contribution in [0.5, 0.6) is 0 Å². The van der Waals surface area contributed by atoms with Crippen molar-refractivity contribution in [3.05, 3.63) is 23.7 Å². The van der Waals surface area contributed by atoms with Gasteiger partial charge in [-0.05, 0) is 38.1 Å². The molecule has 100 valence electrons. The number of terminal acetylenes is 1. The summed E-state index contributed by atoms with van der Waals surface area (Å²) < 4.78 is 5.78. The van der Waals surface area contributed by atoms with Gasteiger partial charge in [0.1, 0.15) is 11.5 Å². The average Bonchev–Trinajstić information content (AvgIpc) is 2.78. The second-order valence-electron chi connectivity index (χ2n) is 4.46. The summed E-state index contributed by atoms with van der Waals surface area (Å²) in [5.41, 5.74) is 0. The maximum absolute atomic E-state index is 5.78. The van der Waals surface area contributed by atoms with Crippen molar-refractivity contribution in [1.29, 1.82) is 0 Å². The number of hydrogen-bond acceptors (Lipinski definition) is 3. The van der Waals surface area contributed by atoms with Gasteiger partial charge in [0, 0.05) is 0 Å². The van der Waals surface area contributed by atoms with E-state index < -0.39 is 0 Å². The normalized spacial score (nSPS) is 10.8. The van der Waals surface area contributed by atoms with Crippen molar-refractivity contribution in [1.82, 2.24) is 10.2 Å². The number of nitrogens with zero attached hydrogens (tertiary/aromatic N) is 1. The summed E-state index contributed by atoms with van der Waals surface area (Å²) >= 11 is 0. The average molecular weight is 248 g/mol. The summed E-state index contributed by atoms with van der Waals surface area (Å²) in [6, 6.07) is 4.08. The Balaban J connectivity index is 2.43. The molecule has 18 heavy (non-hydrogen) atoms. The molecular formula is C15H24N2O. The third-order valence-electron chi connectivity index (χ3n) is 2.68. The molecule has 0 atom stereocenters. The van der Waals surface area contributed by atoms with E-state index in [0.29, 0.717) is 6.54 Å². The first-order valence-electron chi connectivity index (χ1n) is 6.74. The van der Waals surface area contributed by atoms with Crippen LogP contribution in [0.15, 0.2) is 16.5 Å². The molecule has 0 bridgehead atoms. The molecule has 0 fully saturated rings. The Morgan fingerprint density at radius 1 is 1.28 bits per heavy atom. The van der Waals surface area contributed by atoms with E-state index in [1.54, 1.807) is 0 Å². The van der Waals surface area contributed by atoms with Crippen LogP contribution in [0.25, 0.3) is 0 Å². The first-order chi connectivity index (χ1) is 8.80. The van der Waals surface area contributed by atoms with Crippen molar-refractivity contribution in [2.75, 3.05) is 19.6 Å². The van der Waals surface area contributed by atoms with Crippen LogP contribution >= 0.6 is 0 Å². The Labute approximate surface area is 111 Å². The predicted molar refractivity (Wildman–Crippen MR) is 75.1 cm³/mol. The number of hydrogen-bond donors (Lipinski definition) is 1. The van der Waals surface area contributed by atoms with E-state index in [4.69, 9.17) is 10.8 Å². The summed E-state index contributed by atoms with van der Waals surface area (Å²) in [6.45, 7) is 8.62. The Morgan fingerprint density at radius 3 is 2.72 bits per heavy atom. The maximum atomic E-state index is 5.78. The standard InChI is InChI=1S/C15H24N2O/c1-4-9-16-12-14-7-8-15(18-14)13-17(10-5-2)11-6-3/h2,7-8,16H,4,6,9-13H2,1,3H3. The minimum Gasteiger partial charge on any atom is -0.463 e. The van der Waals surface area contributed by atoms with Gasteiger partial charge < -0.3 is 9.73 Å². The van der Waals surface area contributed by atoms with Crippen molar-refractivity contribution in [3.8, 4) is 12.3 Å². The van der Waals surface area contributed by atoms with Crippen LogP contribution in [0.4, 0.5) is 0 Å². The van der Waals surface area contributed by atoms with Crippen molar-refractivity contribution >= 4 is 0 Å². The molecule has 1 aromatic heterocycles. The third-order valence-corrected chi connectivity index (χ3v) is 2.68. The summed E-state index contributed by atoms with van der Waals surface area (Å²) in [5, 5.41) is 3.33. The van der Waals surface area contributed by atoms with Gasteiger partial charge in [-0.25, -0.2) is 0 Å². The molecule has 0 unspecified atom stereocenters. The molecule has 0 radical (unpaired) electrons. The molecule has 0 aliphatic heterocycles. The van der Waals surface area contributed by atoms with Crippen molar-refractivity contribution in [2.45, 2.75) is 39.8 Å². The van der Waals surface area contributed by atoms with Crippen molar-refractivity contribution < 1.29 is 4.42 Å². The van der Waals surface area contributed by atoms with Gasteiger partial charge in [0.2, 0.25) is 0 Å². The van der Waals surface area contributed by atoms with Gasteiger partial charge in [0.15, 0.2) is 0 Å². The zero-order valence-corrected chi connectivity index (χ0v) is 11.5. The van der Waals surface area contributed by atoms with E-state index in [0.717, 1.165) is 50.5 Å². The van der Waals surface area contributed by atoms with Crippen LogP contribution in [0.2, 0.25) is 0 Å². The summed E-state index contributed by atoms with van der Waals surface area (Å²) in [7, 11) is 0. The predicted octanol–water partition coefficient (Wildman–Crippen LogP) is 2.62. The van der Waals surface area contributed by atoms with Gasteiger partial charge in [-0.1, -0.05) is 19.8 Å². The first kappa shape index (κ1) is 14.8. The lowest BCUT2D eigenvalue weighted by Gasteiger charge is -2.16. The Bertz CT molecular complexity index is 365. The molecule has 0 aromatic carbocycles. The first-order valence-corrected chi connectivity index (χ1v) is 6.74. The highest BCUT2D eigenvalue weighted by Crippen LogP contribution is 2.10. The quantitative estimate of drug-likeness (QED) is 0.538. The van der Waals surface area contributed by atoms with Crippen molar-refractivity contribution in [3.63, 3.8) is 0 Å². The smallest absolute Gasteiger partial charge is 0.118 e. The SMILES string of the molecule is C#CCN(CCC)Cc1ccc(CNCCC)o1. The lowest BCUT2D eigenvalue weighted by molar-refractivity contribution is 0.268.